The van der Waals surface area contributed by atoms with E-state index in [1.54, 1.807) is 0 Å². The lowest BCUT2D eigenvalue weighted by Crippen LogP contribution is -2.38. The maximum atomic E-state index is 12.5. The molecule has 20 heavy (non-hydrogen) atoms. The lowest BCUT2D eigenvalue weighted by atomic mass is 9.75. The van der Waals surface area contributed by atoms with Crippen LogP contribution in [-0.4, -0.2) is 18.6 Å². The molecular formula is C17H31NO2. The van der Waals surface area contributed by atoms with Crippen molar-refractivity contribution < 1.29 is 9.53 Å². The highest BCUT2D eigenvalue weighted by Gasteiger charge is 2.38. The van der Waals surface area contributed by atoms with Crippen molar-refractivity contribution in [3.8, 4) is 0 Å². The monoisotopic (exact) mass is 281 g/mol. The molecule has 0 aromatic heterocycles. The summed E-state index contributed by atoms with van der Waals surface area (Å²) in [5.74, 6) is 2.24. The fraction of sp³-hybridized carbons (Fsp3) is 0.941. The molecule has 0 amide bonds. The van der Waals surface area contributed by atoms with Gasteiger partial charge >= 0.3 is 5.97 Å². The van der Waals surface area contributed by atoms with Crippen molar-refractivity contribution in [2.24, 2.45) is 35.3 Å². The van der Waals surface area contributed by atoms with Crippen LogP contribution in [0.1, 0.15) is 59.3 Å². The number of carbonyl (C=O) groups excluding carboxylic acids is 1. The molecule has 0 radical (unpaired) electrons. The Balaban J connectivity index is 1.97. The SMILES string of the molecule is CC1CCC(C(C)C)C(OC(=O)C2CCCC2CN)C1. The number of rotatable bonds is 4. The van der Waals surface area contributed by atoms with Crippen LogP contribution < -0.4 is 5.73 Å². The molecule has 0 aromatic carbocycles. The van der Waals surface area contributed by atoms with Crippen molar-refractivity contribution in [1.29, 1.82) is 0 Å². The van der Waals surface area contributed by atoms with E-state index >= 15 is 0 Å². The molecule has 3 heteroatoms. The van der Waals surface area contributed by atoms with Crippen molar-refractivity contribution in [2.75, 3.05) is 6.54 Å². The number of esters is 1. The summed E-state index contributed by atoms with van der Waals surface area (Å²) in [6.45, 7) is 7.39. The number of hydrogen-bond donors (Lipinski definition) is 1. The summed E-state index contributed by atoms with van der Waals surface area (Å²) in [6, 6.07) is 0. The first-order valence-electron chi connectivity index (χ1n) is 8.43. The highest BCUT2D eigenvalue weighted by atomic mass is 16.5. The fourth-order valence-electron chi connectivity index (χ4n) is 4.12. The van der Waals surface area contributed by atoms with Gasteiger partial charge in [0.1, 0.15) is 6.10 Å². The minimum atomic E-state index is 0.0303. The first-order valence-corrected chi connectivity index (χ1v) is 8.43. The van der Waals surface area contributed by atoms with Gasteiger partial charge < -0.3 is 10.5 Å². The Morgan fingerprint density at radius 2 is 2.00 bits per heavy atom. The van der Waals surface area contributed by atoms with Crippen LogP contribution in [0.25, 0.3) is 0 Å². The van der Waals surface area contributed by atoms with Crippen molar-refractivity contribution in [2.45, 2.75) is 65.4 Å². The van der Waals surface area contributed by atoms with Gasteiger partial charge in [0.15, 0.2) is 0 Å². The summed E-state index contributed by atoms with van der Waals surface area (Å²) in [4.78, 5) is 12.5. The van der Waals surface area contributed by atoms with Gasteiger partial charge in [0, 0.05) is 0 Å². The van der Waals surface area contributed by atoms with Crippen molar-refractivity contribution in [3.63, 3.8) is 0 Å². The number of carbonyl (C=O) groups is 1. The fourth-order valence-corrected chi connectivity index (χ4v) is 4.12. The normalized spacial score (nSPS) is 38.1. The van der Waals surface area contributed by atoms with Gasteiger partial charge in [-0.25, -0.2) is 0 Å². The molecule has 0 bridgehead atoms. The molecule has 3 nitrogen and oxygen atoms in total. The van der Waals surface area contributed by atoms with Gasteiger partial charge in [0.2, 0.25) is 0 Å². The third kappa shape index (κ3) is 3.55. The minimum absolute atomic E-state index is 0.0303. The maximum absolute atomic E-state index is 12.5. The van der Waals surface area contributed by atoms with E-state index in [2.05, 4.69) is 20.8 Å². The molecule has 2 rings (SSSR count). The standard InChI is InChI=1S/C17H31NO2/c1-11(2)14-8-7-12(3)9-16(14)20-17(19)15-6-4-5-13(15)10-18/h11-16H,4-10,18H2,1-3H3. The van der Waals surface area contributed by atoms with E-state index in [4.69, 9.17) is 10.5 Å². The molecule has 0 spiro atoms. The smallest absolute Gasteiger partial charge is 0.309 e. The molecule has 0 aromatic rings. The second kappa shape index (κ2) is 6.93. The summed E-state index contributed by atoms with van der Waals surface area (Å²) in [5.41, 5.74) is 5.78. The van der Waals surface area contributed by atoms with E-state index < -0.39 is 0 Å². The van der Waals surface area contributed by atoms with Crippen LogP contribution in [0.4, 0.5) is 0 Å². The zero-order valence-electron chi connectivity index (χ0n) is 13.3. The average molecular weight is 281 g/mol. The van der Waals surface area contributed by atoms with E-state index in [1.807, 2.05) is 0 Å². The highest BCUT2D eigenvalue weighted by Crippen LogP contribution is 2.38. The predicted molar refractivity (Wildman–Crippen MR) is 81.1 cm³/mol. The Labute approximate surface area is 123 Å². The molecule has 2 saturated carbocycles. The molecule has 2 fully saturated rings. The first kappa shape index (κ1) is 15.8. The zero-order valence-corrected chi connectivity index (χ0v) is 13.3. The second-order valence-corrected chi connectivity index (χ2v) is 7.33. The first-order chi connectivity index (χ1) is 9.52. The van der Waals surface area contributed by atoms with Gasteiger partial charge in [0.05, 0.1) is 5.92 Å². The molecule has 116 valence electrons. The van der Waals surface area contributed by atoms with E-state index in [-0.39, 0.29) is 18.0 Å². The van der Waals surface area contributed by atoms with Gasteiger partial charge in [-0.2, -0.15) is 0 Å². The maximum Gasteiger partial charge on any atom is 0.309 e. The van der Waals surface area contributed by atoms with Crippen LogP contribution in [0.3, 0.4) is 0 Å². The molecule has 5 unspecified atom stereocenters. The number of nitrogens with two attached hydrogens (primary N) is 1. The third-order valence-electron chi connectivity index (χ3n) is 5.49. The molecule has 0 saturated heterocycles. The lowest BCUT2D eigenvalue weighted by Gasteiger charge is -2.37. The zero-order chi connectivity index (χ0) is 14.7. The third-order valence-corrected chi connectivity index (χ3v) is 5.49. The second-order valence-electron chi connectivity index (χ2n) is 7.33. The quantitative estimate of drug-likeness (QED) is 0.804. The van der Waals surface area contributed by atoms with Crippen molar-refractivity contribution in [3.05, 3.63) is 0 Å². The van der Waals surface area contributed by atoms with Crippen molar-refractivity contribution >= 4 is 5.97 Å². The van der Waals surface area contributed by atoms with E-state index in [1.165, 1.54) is 12.8 Å². The van der Waals surface area contributed by atoms with E-state index in [0.717, 1.165) is 25.7 Å². The number of hydrogen-bond acceptors (Lipinski definition) is 3. The van der Waals surface area contributed by atoms with Crippen LogP contribution in [0, 0.1) is 29.6 Å². The molecule has 2 N–H and O–H groups in total. The topological polar surface area (TPSA) is 52.3 Å². The van der Waals surface area contributed by atoms with Crippen LogP contribution in [0.5, 0.6) is 0 Å². The Hall–Kier alpha value is -0.570. The van der Waals surface area contributed by atoms with Crippen LogP contribution in [-0.2, 0) is 9.53 Å². The Bertz CT molecular complexity index is 329. The van der Waals surface area contributed by atoms with Crippen LogP contribution >= 0.6 is 0 Å². The average Bonchev–Trinajstić information content (AvgIpc) is 2.86. The molecule has 2 aliphatic rings. The minimum Gasteiger partial charge on any atom is -0.462 e. The summed E-state index contributed by atoms with van der Waals surface area (Å²) in [7, 11) is 0. The molecule has 0 heterocycles. The predicted octanol–water partition coefficient (Wildman–Crippen LogP) is 3.37. The molecule has 0 aliphatic heterocycles. The number of ether oxygens (including phenoxy) is 1. The Morgan fingerprint density at radius 3 is 2.65 bits per heavy atom. The largest absolute Gasteiger partial charge is 0.462 e. The van der Waals surface area contributed by atoms with Gasteiger partial charge in [0.25, 0.3) is 0 Å². The summed E-state index contributed by atoms with van der Waals surface area (Å²) < 4.78 is 5.96. The molecule has 2 aliphatic carbocycles. The van der Waals surface area contributed by atoms with Crippen molar-refractivity contribution in [1.82, 2.24) is 0 Å². The van der Waals surface area contributed by atoms with E-state index in [0.29, 0.717) is 30.2 Å². The van der Waals surface area contributed by atoms with E-state index in [9.17, 15) is 4.79 Å². The Kier molecular flexibility index (Phi) is 5.48. The molecular weight excluding hydrogens is 250 g/mol. The summed E-state index contributed by atoms with van der Waals surface area (Å²) >= 11 is 0. The van der Waals surface area contributed by atoms with Crippen LogP contribution in [0.2, 0.25) is 0 Å². The summed E-state index contributed by atoms with van der Waals surface area (Å²) in [6.07, 6.45) is 6.81. The van der Waals surface area contributed by atoms with Gasteiger partial charge in [-0.15, -0.1) is 0 Å². The van der Waals surface area contributed by atoms with Gasteiger partial charge in [-0.3, -0.25) is 4.79 Å². The molecule has 5 atom stereocenters. The summed E-state index contributed by atoms with van der Waals surface area (Å²) in [5, 5.41) is 0. The van der Waals surface area contributed by atoms with Gasteiger partial charge in [-0.05, 0) is 55.9 Å². The highest BCUT2D eigenvalue weighted by molar-refractivity contribution is 5.73. The van der Waals surface area contributed by atoms with Crippen LogP contribution in [0.15, 0.2) is 0 Å². The van der Waals surface area contributed by atoms with Gasteiger partial charge in [-0.1, -0.05) is 33.6 Å². The lowest BCUT2D eigenvalue weighted by molar-refractivity contribution is -0.162. The Morgan fingerprint density at radius 1 is 1.25 bits per heavy atom.